The summed E-state index contributed by atoms with van der Waals surface area (Å²) in [6.07, 6.45) is 1.90. The van der Waals surface area contributed by atoms with E-state index in [0.717, 1.165) is 5.17 Å². The molecule has 0 fully saturated rings. The second kappa shape index (κ2) is 3.95. The molecular weight excluding hydrogens is 110 g/mol. The third-order valence-electron chi connectivity index (χ3n) is 0.520. The highest BCUT2D eigenvalue weighted by atomic mass is 32.2. The standard InChI is InChI=1S/C3H9N3S/c1-5-3(6-4)7-2/h4H2,1-2H3,(H,5,6). The topological polar surface area (TPSA) is 50.4 Å². The lowest BCUT2D eigenvalue weighted by Gasteiger charge is -1.95. The number of nitrogens with two attached hydrogens (primary N) is 1. The van der Waals surface area contributed by atoms with Crippen LogP contribution in [0.3, 0.4) is 0 Å². The molecule has 0 unspecified atom stereocenters. The molecule has 3 N–H and O–H groups in total. The van der Waals surface area contributed by atoms with Crippen LogP contribution < -0.4 is 11.3 Å². The largest absolute Gasteiger partial charge is 0.303 e. The molecule has 0 spiro atoms. The lowest BCUT2D eigenvalue weighted by molar-refractivity contribution is 1.04. The van der Waals surface area contributed by atoms with Crippen molar-refractivity contribution in [2.45, 2.75) is 0 Å². The molecule has 3 nitrogen and oxygen atoms in total. The Morgan fingerprint density at radius 1 is 1.86 bits per heavy atom. The first kappa shape index (κ1) is 6.78. The average molecular weight is 119 g/mol. The van der Waals surface area contributed by atoms with Crippen molar-refractivity contribution < 1.29 is 0 Å². The molecule has 0 atom stereocenters. The first-order chi connectivity index (χ1) is 3.35. The predicted octanol–water partition coefficient (Wildman–Crippen LogP) is -0.201. The van der Waals surface area contributed by atoms with Gasteiger partial charge < -0.3 is 5.43 Å². The van der Waals surface area contributed by atoms with Crippen LogP contribution in [0, 0.1) is 0 Å². The number of nitrogens with one attached hydrogen (secondary N) is 1. The zero-order chi connectivity index (χ0) is 5.70. The minimum Gasteiger partial charge on any atom is -0.303 e. The summed E-state index contributed by atoms with van der Waals surface area (Å²) in [7, 11) is 1.69. The van der Waals surface area contributed by atoms with Crippen molar-refractivity contribution in [1.82, 2.24) is 5.43 Å². The fraction of sp³-hybridized carbons (Fsp3) is 0.667. The summed E-state index contributed by atoms with van der Waals surface area (Å²) in [4.78, 5) is 3.77. The number of amidine groups is 1. The maximum atomic E-state index is 4.99. The molecule has 0 amide bonds. The second-order valence-corrected chi connectivity index (χ2v) is 1.67. The average Bonchev–Trinajstić information content (AvgIpc) is 1.72. The van der Waals surface area contributed by atoms with Gasteiger partial charge in [0.25, 0.3) is 0 Å². The van der Waals surface area contributed by atoms with Gasteiger partial charge in [-0.2, -0.15) is 0 Å². The number of thioether (sulfide) groups is 1. The van der Waals surface area contributed by atoms with Crippen LogP contribution in [0.25, 0.3) is 0 Å². The summed E-state index contributed by atoms with van der Waals surface area (Å²) < 4.78 is 0. The van der Waals surface area contributed by atoms with E-state index in [1.165, 1.54) is 11.8 Å². The van der Waals surface area contributed by atoms with Crippen molar-refractivity contribution in [2.75, 3.05) is 13.3 Å². The number of hydrogen-bond donors (Lipinski definition) is 2. The molecule has 7 heavy (non-hydrogen) atoms. The summed E-state index contributed by atoms with van der Waals surface area (Å²) in [6.45, 7) is 0. The molecule has 0 aliphatic rings. The summed E-state index contributed by atoms with van der Waals surface area (Å²) in [5, 5.41) is 0.750. The molecule has 0 heterocycles. The molecule has 0 saturated carbocycles. The molecule has 0 aromatic heterocycles. The molecule has 0 aromatic rings. The van der Waals surface area contributed by atoms with E-state index >= 15 is 0 Å². The lowest BCUT2D eigenvalue weighted by Crippen LogP contribution is -2.27. The third-order valence-corrected chi connectivity index (χ3v) is 1.21. The zero-order valence-corrected chi connectivity index (χ0v) is 5.25. The van der Waals surface area contributed by atoms with Gasteiger partial charge in [0, 0.05) is 7.05 Å². The van der Waals surface area contributed by atoms with Gasteiger partial charge in [0.2, 0.25) is 0 Å². The maximum absolute atomic E-state index is 4.99. The fourth-order valence-electron chi connectivity index (χ4n) is 0.215. The number of hydrogen-bond acceptors (Lipinski definition) is 3. The van der Waals surface area contributed by atoms with Crippen LogP contribution in [-0.4, -0.2) is 18.5 Å². The Kier molecular flexibility index (Phi) is 3.83. The normalized spacial score (nSPS) is 11.6. The van der Waals surface area contributed by atoms with Crippen LogP contribution in [0.1, 0.15) is 0 Å². The fourth-order valence-corrected chi connectivity index (χ4v) is 0.515. The van der Waals surface area contributed by atoms with Gasteiger partial charge in [0.05, 0.1) is 0 Å². The molecular formula is C3H9N3S. The number of nitrogens with zero attached hydrogens (tertiary/aromatic N) is 1. The van der Waals surface area contributed by atoms with Crippen molar-refractivity contribution >= 4 is 16.9 Å². The minimum absolute atomic E-state index is 0.750. The van der Waals surface area contributed by atoms with E-state index < -0.39 is 0 Å². The molecule has 0 rings (SSSR count). The van der Waals surface area contributed by atoms with Crippen LogP contribution in [0.4, 0.5) is 0 Å². The predicted molar refractivity (Wildman–Crippen MR) is 34.2 cm³/mol. The quantitative estimate of drug-likeness (QED) is 0.201. The molecule has 0 bridgehead atoms. The van der Waals surface area contributed by atoms with E-state index in [-0.39, 0.29) is 0 Å². The molecule has 4 heteroatoms. The van der Waals surface area contributed by atoms with E-state index in [2.05, 4.69) is 10.4 Å². The van der Waals surface area contributed by atoms with E-state index in [1.807, 2.05) is 6.26 Å². The number of hydrazine groups is 1. The summed E-state index contributed by atoms with van der Waals surface area (Å²) in [5.41, 5.74) is 2.41. The number of rotatable bonds is 0. The Morgan fingerprint density at radius 3 is 2.43 bits per heavy atom. The van der Waals surface area contributed by atoms with E-state index in [0.29, 0.717) is 0 Å². The van der Waals surface area contributed by atoms with Crippen molar-refractivity contribution in [2.24, 2.45) is 10.8 Å². The van der Waals surface area contributed by atoms with Gasteiger partial charge in [-0.25, -0.2) is 5.84 Å². The van der Waals surface area contributed by atoms with Crippen molar-refractivity contribution in [3.05, 3.63) is 0 Å². The van der Waals surface area contributed by atoms with Crippen molar-refractivity contribution in [3.8, 4) is 0 Å². The first-order valence-corrected chi connectivity index (χ1v) is 3.05. The summed E-state index contributed by atoms with van der Waals surface area (Å²) >= 11 is 1.48. The highest BCUT2D eigenvalue weighted by Gasteiger charge is 1.83. The second-order valence-electron chi connectivity index (χ2n) is 0.877. The van der Waals surface area contributed by atoms with Crippen molar-refractivity contribution in [1.29, 1.82) is 0 Å². The van der Waals surface area contributed by atoms with E-state index in [4.69, 9.17) is 5.84 Å². The minimum atomic E-state index is 0.750. The molecule has 42 valence electrons. The molecule has 0 aliphatic carbocycles. The maximum Gasteiger partial charge on any atom is 0.170 e. The monoisotopic (exact) mass is 119 g/mol. The van der Waals surface area contributed by atoms with Gasteiger partial charge in [0.15, 0.2) is 5.17 Å². The van der Waals surface area contributed by atoms with Crippen molar-refractivity contribution in [3.63, 3.8) is 0 Å². The Bertz CT molecular complexity index is 64.6. The van der Waals surface area contributed by atoms with Gasteiger partial charge in [0.1, 0.15) is 0 Å². The molecule has 0 aromatic carbocycles. The Hall–Kier alpha value is -0.220. The summed E-state index contributed by atoms with van der Waals surface area (Å²) in [6, 6.07) is 0. The molecule has 0 saturated heterocycles. The van der Waals surface area contributed by atoms with Crippen LogP contribution in [0.15, 0.2) is 4.99 Å². The van der Waals surface area contributed by atoms with Crippen LogP contribution in [0.2, 0.25) is 0 Å². The molecule has 0 radical (unpaired) electrons. The van der Waals surface area contributed by atoms with E-state index in [1.54, 1.807) is 7.05 Å². The Balaban J connectivity index is 3.38. The van der Waals surface area contributed by atoms with Crippen LogP contribution in [-0.2, 0) is 0 Å². The van der Waals surface area contributed by atoms with Gasteiger partial charge in [-0.3, -0.25) is 4.99 Å². The summed E-state index contributed by atoms with van der Waals surface area (Å²) in [5.74, 6) is 4.99. The van der Waals surface area contributed by atoms with Gasteiger partial charge in [-0.1, -0.05) is 11.8 Å². The van der Waals surface area contributed by atoms with Gasteiger partial charge in [-0.15, -0.1) is 0 Å². The zero-order valence-electron chi connectivity index (χ0n) is 4.43. The van der Waals surface area contributed by atoms with Crippen LogP contribution in [0.5, 0.6) is 0 Å². The lowest BCUT2D eigenvalue weighted by atomic mass is 11.2. The third kappa shape index (κ3) is 2.47. The smallest absolute Gasteiger partial charge is 0.170 e. The Labute approximate surface area is 47.3 Å². The van der Waals surface area contributed by atoms with E-state index in [9.17, 15) is 0 Å². The SMILES string of the molecule is C/N=C(/NN)SC. The van der Waals surface area contributed by atoms with Gasteiger partial charge >= 0.3 is 0 Å². The highest BCUT2D eigenvalue weighted by molar-refractivity contribution is 8.13. The van der Waals surface area contributed by atoms with Gasteiger partial charge in [-0.05, 0) is 6.26 Å². The highest BCUT2D eigenvalue weighted by Crippen LogP contribution is 1.89. The first-order valence-electron chi connectivity index (χ1n) is 1.82. The van der Waals surface area contributed by atoms with Crippen LogP contribution >= 0.6 is 11.8 Å². The number of aliphatic imine (C=N–C) groups is 1. The Morgan fingerprint density at radius 2 is 2.43 bits per heavy atom. The molecule has 0 aliphatic heterocycles.